The van der Waals surface area contributed by atoms with Crippen molar-refractivity contribution in [1.29, 1.82) is 0 Å². The van der Waals surface area contributed by atoms with Crippen molar-refractivity contribution in [3.63, 3.8) is 0 Å². The molecule has 126 valence electrons. The summed E-state index contributed by atoms with van der Waals surface area (Å²) in [5.41, 5.74) is 2.52. The Bertz CT molecular complexity index is 948. The van der Waals surface area contributed by atoms with Crippen LogP contribution in [0.1, 0.15) is 20.7 Å². The van der Waals surface area contributed by atoms with Crippen LogP contribution < -0.4 is 17.0 Å². The number of ketones is 1. The average Bonchev–Trinajstić information content (AvgIpc) is 2.50. The third-order valence-corrected chi connectivity index (χ3v) is 3.13. The molecule has 2 rings (SSSR count). The molecule has 0 aliphatic rings. The molecule has 8 nitrogen and oxygen atoms in total. The second-order valence-corrected chi connectivity index (χ2v) is 4.70. The number of ether oxygens (including phenoxy) is 1. The Labute approximate surface area is 132 Å². The van der Waals surface area contributed by atoms with Crippen molar-refractivity contribution >= 4 is 17.6 Å². The van der Waals surface area contributed by atoms with Gasteiger partial charge in [0.05, 0.1) is 5.56 Å². The molecule has 0 radical (unpaired) electrons. The van der Waals surface area contributed by atoms with E-state index in [1.807, 2.05) is 4.98 Å². The van der Waals surface area contributed by atoms with Crippen LogP contribution in [0.15, 0.2) is 27.8 Å². The van der Waals surface area contributed by atoms with Gasteiger partial charge in [-0.2, -0.15) is 0 Å². The Morgan fingerprint density at radius 2 is 1.96 bits per heavy atom. The SMILES string of the molecule is Cn1c(N)c(C(=O)COC(=O)c2ccc(F)cc2F)c(=O)[nH]c1=O. The first-order valence-electron chi connectivity index (χ1n) is 6.46. The van der Waals surface area contributed by atoms with Crippen LogP contribution in [-0.4, -0.2) is 27.9 Å². The number of carbonyl (C=O) groups is 2. The molecule has 0 fully saturated rings. The topological polar surface area (TPSA) is 124 Å². The van der Waals surface area contributed by atoms with Gasteiger partial charge >= 0.3 is 11.7 Å². The summed E-state index contributed by atoms with van der Waals surface area (Å²) in [6.07, 6.45) is 0. The minimum atomic E-state index is -1.22. The summed E-state index contributed by atoms with van der Waals surface area (Å²) >= 11 is 0. The number of esters is 1. The molecule has 1 aromatic carbocycles. The smallest absolute Gasteiger partial charge is 0.341 e. The molecule has 0 saturated heterocycles. The van der Waals surface area contributed by atoms with Crippen LogP contribution in [0.25, 0.3) is 0 Å². The fourth-order valence-corrected chi connectivity index (χ4v) is 1.84. The second kappa shape index (κ2) is 6.44. The van der Waals surface area contributed by atoms with Gasteiger partial charge in [-0.15, -0.1) is 0 Å². The lowest BCUT2D eigenvalue weighted by Crippen LogP contribution is -2.35. The number of Topliss-reactive ketones (excluding diaryl/α,β-unsaturated/α-hetero) is 1. The number of aromatic nitrogens is 2. The lowest BCUT2D eigenvalue weighted by Gasteiger charge is -2.08. The molecule has 1 heterocycles. The lowest BCUT2D eigenvalue weighted by molar-refractivity contribution is 0.0469. The van der Waals surface area contributed by atoms with Gasteiger partial charge in [0.15, 0.2) is 6.61 Å². The molecule has 1 aromatic heterocycles. The van der Waals surface area contributed by atoms with Crippen LogP contribution in [0.5, 0.6) is 0 Å². The quantitative estimate of drug-likeness (QED) is 0.595. The number of hydrogen-bond acceptors (Lipinski definition) is 6. The number of H-pyrrole nitrogens is 1. The summed E-state index contributed by atoms with van der Waals surface area (Å²) in [6, 6.07) is 2.18. The van der Waals surface area contributed by atoms with Crippen LogP contribution in [0.3, 0.4) is 0 Å². The summed E-state index contributed by atoms with van der Waals surface area (Å²) < 4.78 is 31.6. The van der Waals surface area contributed by atoms with Gasteiger partial charge < -0.3 is 10.5 Å². The molecular weight excluding hydrogens is 328 g/mol. The van der Waals surface area contributed by atoms with Crippen molar-refractivity contribution in [2.24, 2.45) is 7.05 Å². The van der Waals surface area contributed by atoms with Gasteiger partial charge in [-0.3, -0.25) is 19.1 Å². The molecule has 0 amide bonds. The Kier molecular flexibility index (Phi) is 4.58. The van der Waals surface area contributed by atoms with E-state index in [1.165, 1.54) is 7.05 Å². The predicted molar refractivity (Wildman–Crippen MR) is 77.7 cm³/mol. The molecule has 10 heteroatoms. The Hall–Kier alpha value is -3.30. The van der Waals surface area contributed by atoms with Crippen molar-refractivity contribution in [3.8, 4) is 0 Å². The highest BCUT2D eigenvalue weighted by molar-refractivity contribution is 6.02. The molecule has 0 aliphatic carbocycles. The zero-order valence-electron chi connectivity index (χ0n) is 12.3. The second-order valence-electron chi connectivity index (χ2n) is 4.70. The maximum Gasteiger partial charge on any atom is 0.341 e. The van der Waals surface area contributed by atoms with E-state index in [2.05, 4.69) is 4.74 Å². The monoisotopic (exact) mass is 339 g/mol. The normalized spacial score (nSPS) is 10.5. The Balaban J connectivity index is 2.20. The summed E-state index contributed by atoms with van der Waals surface area (Å²) in [4.78, 5) is 48.5. The van der Waals surface area contributed by atoms with E-state index in [0.29, 0.717) is 6.07 Å². The number of nitrogen functional groups attached to an aromatic ring is 1. The van der Waals surface area contributed by atoms with E-state index in [1.54, 1.807) is 0 Å². The fourth-order valence-electron chi connectivity index (χ4n) is 1.84. The third-order valence-electron chi connectivity index (χ3n) is 3.13. The minimum Gasteiger partial charge on any atom is -0.454 e. The van der Waals surface area contributed by atoms with Crippen molar-refractivity contribution in [2.45, 2.75) is 0 Å². The van der Waals surface area contributed by atoms with E-state index in [4.69, 9.17) is 5.73 Å². The molecule has 2 aromatic rings. The number of anilines is 1. The lowest BCUT2D eigenvalue weighted by atomic mass is 10.2. The standard InChI is InChI=1S/C14H11F2N3O5/c1-19-11(17)10(12(21)18-14(19)23)9(20)5-24-13(22)7-3-2-6(15)4-8(7)16/h2-4H,5,17H2,1H3,(H,18,21,23). The van der Waals surface area contributed by atoms with Gasteiger partial charge in [0.25, 0.3) is 5.56 Å². The number of hydrogen-bond donors (Lipinski definition) is 2. The highest BCUT2D eigenvalue weighted by atomic mass is 19.1. The summed E-state index contributed by atoms with van der Waals surface area (Å²) in [5.74, 6) is -4.66. The zero-order chi connectivity index (χ0) is 18.0. The molecule has 0 atom stereocenters. The van der Waals surface area contributed by atoms with Gasteiger partial charge in [0.2, 0.25) is 5.78 Å². The first-order valence-corrected chi connectivity index (χ1v) is 6.46. The number of halogens is 2. The summed E-state index contributed by atoms with van der Waals surface area (Å²) in [5, 5.41) is 0. The van der Waals surface area contributed by atoms with Crippen LogP contribution in [0.2, 0.25) is 0 Å². The first kappa shape index (κ1) is 17.1. The molecule has 24 heavy (non-hydrogen) atoms. The largest absolute Gasteiger partial charge is 0.454 e. The first-order chi connectivity index (χ1) is 11.2. The number of rotatable bonds is 4. The number of nitrogens with two attached hydrogens (primary N) is 1. The van der Waals surface area contributed by atoms with E-state index in [-0.39, 0.29) is 0 Å². The van der Waals surface area contributed by atoms with Gasteiger partial charge in [0, 0.05) is 13.1 Å². The van der Waals surface area contributed by atoms with E-state index >= 15 is 0 Å². The van der Waals surface area contributed by atoms with Gasteiger partial charge in [-0.05, 0) is 12.1 Å². The maximum atomic E-state index is 13.4. The fraction of sp³-hybridized carbons (Fsp3) is 0.143. The summed E-state index contributed by atoms with van der Waals surface area (Å²) in [7, 11) is 1.23. The Morgan fingerprint density at radius 3 is 2.58 bits per heavy atom. The van der Waals surface area contributed by atoms with E-state index < -0.39 is 58.2 Å². The molecule has 0 bridgehead atoms. The molecule has 0 unspecified atom stereocenters. The van der Waals surface area contributed by atoms with Crippen molar-refractivity contribution < 1.29 is 23.1 Å². The van der Waals surface area contributed by atoms with Crippen molar-refractivity contribution in [2.75, 3.05) is 12.3 Å². The zero-order valence-corrected chi connectivity index (χ0v) is 12.3. The molecule has 3 N–H and O–H groups in total. The van der Waals surface area contributed by atoms with Gasteiger partial charge in [0.1, 0.15) is 23.0 Å². The van der Waals surface area contributed by atoms with E-state index in [0.717, 1.165) is 16.7 Å². The van der Waals surface area contributed by atoms with Crippen LogP contribution >= 0.6 is 0 Å². The van der Waals surface area contributed by atoms with Crippen LogP contribution in [0.4, 0.5) is 14.6 Å². The minimum absolute atomic E-state index is 0.405. The highest BCUT2D eigenvalue weighted by Crippen LogP contribution is 2.11. The number of carbonyl (C=O) groups excluding carboxylic acids is 2. The highest BCUT2D eigenvalue weighted by Gasteiger charge is 2.21. The Morgan fingerprint density at radius 1 is 1.29 bits per heavy atom. The van der Waals surface area contributed by atoms with Crippen LogP contribution in [-0.2, 0) is 11.8 Å². The van der Waals surface area contributed by atoms with Gasteiger partial charge in [-0.1, -0.05) is 0 Å². The molecular formula is C14H11F2N3O5. The van der Waals surface area contributed by atoms with Crippen molar-refractivity contribution in [1.82, 2.24) is 9.55 Å². The number of nitrogens with one attached hydrogen (secondary N) is 1. The molecule has 0 saturated carbocycles. The number of benzene rings is 1. The molecule has 0 aliphatic heterocycles. The maximum absolute atomic E-state index is 13.4. The third kappa shape index (κ3) is 3.21. The van der Waals surface area contributed by atoms with Gasteiger partial charge in [-0.25, -0.2) is 18.4 Å². The predicted octanol–water partition coefficient (Wildman–Crippen LogP) is -0.0263. The number of nitrogens with zero attached hydrogens (tertiary/aromatic N) is 1. The number of aromatic amines is 1. The van der Waals surface area contributed by atoms with E-state index in [9.17, 15) is 28.0 Å². The average molecular weight is 339 g/mol. The molecule has 0 spiro atoms. The van der Waals surface area contributed by atoms with Crippen LogP contribution in [0, 0.1) is 11.6 Å². The summed E-state index contributed by atoms with van der Waals surface area (Å²) in [6.45, 7) is -0.916. The van der Waals surface area contributed by atoms with Crippen molar-refractivity contribution in [3.05, 3.63) is 61.8 Å².